The molecule has 4 aromatic rings. The lowest BCUT2D eigenvalue weighted by molar-refractivity contribution is 0.394. The van der Waals surface area contributed by atoms with Gasteiger partial charge in [-0.1, -0.05) is 6.07 Å². The first-order chi connectivity index (χ1) is 16.6. The van der Waals surface area contributed by atoms with Crippen LogP contribution in [-0.4, -0.2) is 34.0 Å². The molecule has 1 aliphatic rings. The Morgan fingerprint density at radius 2 is 1.79 bits per heavy atom. The molecule has 0 aliphatic carbocycles. The van der Waals surface area contributed by atoms with E-state index in [4.69, 9.17) is 21.7 Å². The zero-order chi connectivity index (χ0) is 23.7. The number of thiocarbonyl (C=S) groups is 1. The fourth-order valence-electron chi connectivity index (χ4n) is 4.38. The third kappa shape index (κ3) is 3.82. The average molecular weight is 473 g/mol. The van der Waals surface area contributed by atoms with Gasteiger partial charge in [0.15, 0.2) is 5.11 Å². The van der Waals surface area contributed by atoms with E-state index in [-0.39, 0.29) is 17.8 Å². The highest BCUT2D eigenvalue weighted by Gasteiger charge is 2.43. The molecule has 8 heteroatoms. The first-order valence-corrected chi connectivity index (χ1v) is 11.2. The first-order valence-electron chi connectivity index (χ1n) is 10.8. The Morgan fingerprint density at radius 3 is 2.50 bits per heavy atom. The third-order valence-electron chi connectivity index (χ3n) is 5.96. The minimum absolute atomic E-state index is 0.203. The molecular weight excluding hydrogens is 448 g/mol. The Balaban J connectivity index is 1.68. The van der Waals surface area contributed by atoms with E-state index < -0.39 is 0 Å². The molecule has 2 N–H and O–H groups in total. The van der Waals surface area contributed by atoms with Gasteiger partial charge in [0.05, 0.1) is 31.6 Å². The van der Waals surface area contributed by atoms with E-state index in [0.717, 1.165) is 22.8 Å². The number of aromatic nitrogens is 2. The molecule has 2 unspecified atom stereocenters. The number of nitrogens with one attached hydrogen (secondary N) is 1. The Hall–Kier alpha value is -4.04. The van der Waals surface area contributed by atoms with Crippen LogP contribution in [0, 0.1) is 0 Å². The molecule has 2 atom stereocenters. The fraction of sp³-hybridized carbons (Fsp3) is 0.154. The van der Waals surface area contributed by atoms with Crippen LogP contribution in [0.25, 0.3) is 5.69 Å². The van der Waals surface area contributed by atoms with Crippen LogP contribution in [0.1, 0.15) is 23.5 Å². The Bertz CT molecular complexity index is 1310. The topological polar surface area (TPSA) is 71.8 Å². The molecule has 0 bridgehead atoms. The molecule has 1 saturated heterocycles. The van der Waals surface area contributed by atoms with Gasteiger partial charge in [0.25, 0.3) is 0 Å². The number of pyridine rings is 1. The maximum Gasteiger partial charge on any atom is 0.174 e. The normalized spacial score (nSPS) is 17.5. The zero-order valence-corrected chi connectivity index (χ0v) is 19.6. The van der Waals surface area contributed by atoms with Crippen LogP contribution in [-0.2, 0) is 0 Å². The molecule has 3 heterocycles. The van der Waals surface area contributed by atoms with Crippen molar-refractivity contribution in [2.45, 2.75) is 12.1 Å². The maximum absolute atomic E-state index is 9.77. The van der Waals surface area contributed by atoms with E-state index in [9.17, 15) is 5.11 Å². The highest BCUT2D eigenvalue weighted by molar-refractivity contribution is 7.80. The SMILES string of the molecule is COc1ccc(N2C(=S)NC(c3ccccn3)C2c2cccn2-c2ccc(O)cc2)c(OC)c1. The molecule has 0 amide bonds. The molecule has 2 aromatic heterocycles. The summed E-state index contributed by atoms with van der Waals surface area (Å²) in [7, 11) is 3.26. The standard InChI is InChI=1S/C26H24N4O3S/c1-32-19-12-13-21(23(16-19)33-2)30-25(24(28-26(30)34)20-6-3-4-14-27-20)22-7-5-15-29(22)17-8-10-18(31)11-9-17/h3-16,24-25,31H,1-2H3,(H,28,34). The predicted molar refractivity (Wildman–Crippen MR) is 135 cm³/mol. The molecule has 0 spiro atoms. The van der Waals surface area contributed by atoms with Crippen molar-refractivity contribution in [1.29, 1.82) is 0 Å². The van der Waals surface area contributed by atoms with Crippen LogP contribution < -0.4 is 19.7 Å². The largest absolute Gasteiger partial charge is 0.508 e. The summed E-state index contributed by atoms with van der Waals surface area (Å²) in [6, 6.07) is 22.3. The smallest absolute Gasteiger partial charge is 0.174 e. The van der Waals surface area contributed by atoms with Gasteiger partial charge in [-0.2, -0.15) is 0 Å². The van der Waals surface area contributed by atoms with Crippen LogP contribution in [0.2, 0.25) is 0 Å². The van der Waals surface area contributed by atoms with E-state index in [0.29, 0.717) is 16.6 Å². The molecule has 5 rings (SSSR count). The number of aromatic hydroxyl groups is 1. The molecule has 7 nitrogen and oxygen atoms in total. The monoisotopic (exact) mass is 472 g/mol. The predicted octanol–water partition coefficient (Wildman–Crippen LogP) is 4.77. The number of nitrogens with zero attached hydrogens (tertiary/aromatic N) is 3. The van der Waals surface area contributed by atoms with Gasteiger partial charge in [0, 0.05) is 29.8 Å². The Labute approximate surface area is 203 Å². The number of phenolic OH excluding ortho intramolecular Hbond substituents is 1. The summed E-state index contributed by atoms with van der Waals surface area (Å²) < 4.78 is 13.2. The van der Waals surface area contributed by atoms with E-state index >= 15 is 0 Å². The number of ether oxygens (including phenoxy) is 2. The lowest BCUT2D eigenvalue weighted by Gasteiger charge is -2.30. The molecule has 0 saturated carbocycles. The second-order valence-corrected chi connectivity index (χ2v) is 8.24. The van der Waals surface area contributed by atoms with Crippen molar-refractivity contribution >= 4 is 23.0 Å². The molecular formula is C26H24N4O3S. The van der Waals surface area contributed by atoms with Gasteiger partial charge in [-0.3, -0.25) is 4.98 Å². The second kappa shape index (κ2) is 9.07. The van der Waals surface area contributed by atoms with Gasteiger partial charge < -0.3 is 29.4 Å². The minimum atomic E-state index is -0.228. The van der Waals surface area contributed by atoms with Crippen molar-refractivity contribution in [2.24, 2.45) is 0 Å². The highest BCUT2D eigenvalue weighted by atomic mass is 32.1. The van der Waals surface area contributed by atoms with E-state index in [1.54, 1.807) is 32.5 Å². The van der Waals surface area contributed by atoms with E-state index in [1.807, 2.05) is 60.8 Å². The molecule has 1 aliphatic heterocycles. The van der Waals surface area contributed by atoms with E-state index in [1.165, 1.54) is 0 Å². The quantitative estimate of drug-likeness (QED) is 0.392. The molecule has 34 heavy (non-hydrogen) atoms. The number of benzene rings is 2. The van der Waals surface area contributed by atoms with Crippen molar-refractivity contribution < 1.29 is 14.6 Å². The molecule has 172 valence electrons. The van der Waals surface area contributed by atoms with Gasteiger partial charge in [0.2, 0.25) is 0 Å². The van der Waals surface area contributed by atoms with Crippen molar-refractivity contribution in [3.8, 4) is 22.9 Å². The van der Waals surface area contributed by atoms with Crippen molar-refractivity contribution in [2.75, 3.05) is 19.1 Å². The third-order valence-corrected chi connectivity index (χ3v) is 6.27. The molecule has 1 fully saturated rings. The lowest BCUT2D eigenvalue weighted by Crippen LogP contribution is -2.30. The van der Waals surface area contributed by atoms with Gasteiger partial charge in [0.1, 0.15) is 23.3 Å². The number of hydrogen-bond donors (Lipinski definition) is 2. The summed E-state index contributed by atoms with van der Waals surface area (Å²) in [5.74, 6) is 1.57. The zero-order valence-electron chi connectivity index (χ0n) is 18.8. The minimum Gasteiger partial charge on any atom is -0.508 e. The van der Waals surface area contributed by atoms with Gasteiger partial charge in [-0.25, -0.2) is 0 Å². The van der Waals surface area contributed by atoms with Crippen LogP contribution >= 0.6 is 12.2 Å². The summed E-state index contributed by atoms with van der Waals surface area (Å²) in [4.78, 5) is 6.69. The maximum atomic E-state index is 9.77. The number of methoxy groups -OCH3 is 2. The number of phenols is 1. The van der Waals surface area contributed by atoms with Gasteiger partial charge >= 0.3 is 0 Å². The van der Waals surface area contributed by atoms with Crippen LogP contribution in [0.3, 0.4) is 0 Å². The average Bonchev–Trinajstić information content (AvgIpc) is 3.49. The first kappa shape index (κ1) is 21.8. The summed E-state index contributed by atoms with van der Waals surface area (Å²) >= 11 is 5.85. The van der Waals surface area contributed by atoms with Gasteiger partial charge in [-0.15, -0.1) is 0 Å². The van der Waals surface area contributed by atoms with Crippen molar-refractivity contribution in [3.05, 3.63) is 96.6 Å². The highest BCUT2D eigenvalue weighted by Crippen LogP contribution is 2.45. The van der Waals surface area contributed by atoms with Crippen LogP contribution in [0.4, 0.5) is 5.69 Å². The summed E-state index contributed by atoms with van der Waals surface area (Å²) in [6.45, 7) is 0. The Morgan fingerprint density at radius 1 is 0.971 bits per heavy atom. The fourth-order valence-corrected chi connectivity index (χ4v) is 4.72. The second-order valence-electron chi connectivity index (χ2n) is 7.85. The molecule has 2 aromatic carbocycles. The van der Waals surface area contributed by atoms with Crippen molar-refractivity contribution in [1.82, 2.24) is 14.9 Å². The van der Waals surface area contributed by atoms with Gasteiger partial charge in [-0.05, 0) is 72.9 Å². The lowest BCUT2D eigenvalue weighted by atomic mass is 10.0. The number of rotatable bonds is 6. The number of anilines is 1. The van der Waals surface area contributed by atoms with Crippen LogP contribution in [0.15, 0.2) is 85.2 Å². The summed E-state index contributed by atoms with van der Waals surface area (Å²) in [6.07, 6.45) is 3.79. The Kier molecular flexibility index (Phi) is 5.81. The summed E-state index contributed by atoms with van der Waals surface area (Å²) in [5.41, 5.74) is 3.63. The van der Waals surface area contributed by atoms with Crippen molar-refractivity contribution in [3.63, 3.8) is 0 Å². The number of hydrogen-bond acceptors (Lipinski definition) is 5. The summed E-state index contributed by atoms with van der Waals surface area (Å²) in [5, 5.41) is 13.8. The van der Waals surface area contributed by atoms with E-state index in [2.05, 4.69) is 25.8 Å². The van der Waals surface area contributed by atoms with Crippen LogP contribution in [0.5, 0.6) is 17.2 Å². The molecule has 0 radical (unpaired) electrons.